The number of nitrogens with one attached hydrogen (secondary N) is 1. The highest BCUT2D eigenvalue weighted by atomic mass is 19.4. The number of nitrogens with zero attached hydrogens (tertiary/aromatic N) is 3. The van der Waals surface area contributed by atoms with Gasteiger partial charge in [0.1, 0.15) is 28.8 Å². The average molecular weight is 627 g/mol. The van der Waals surface area contributed by atoms with E-state index in [2.05, 4.69) is 14.6 Å². The summed E-state index contributed by atoms with van der Waals surface area (Å²) >= 11 is 0. The molecule has 3 N–H and O–H groups in total. The molecule has 12 heteroatoms. The number of hydrogen-bond donors (Lipinski definition) is 1. The van der Waals surface area contributed by atoms with E-state index in [0.717, 1.165) is 42.6 Å². The first-order valence-electron chi connectivity index (χ1n) is 14.5. The van der Waals surface area contributed by atoms with Gasteiger partial charge in [-0.2, -0.15) is 0 Å². The predicted octanol–water partition coefficient (Wildman–Crippen LogP) is 6.75. The van der Waals surface area contributed by atoms with Gasteiger partial charge in [-0.3, -0.25) is 4.90 Å². The zero-order valence-electron chi connectivity index (χ0n) is 24.3. The number of urea groups is 1. The first kappa shape index (κ1) is 31.7. The number of halogens is 5. The summed E-state index contributed by atoms with van der Waals surface area (Å²) in [5.41, 5.74) is 8.69. The van der Waals surface area contributed by atoms with Gasteiger partial charge < -0.3 is 15.4 Å². The summed E-state index contributed by atoms with van der Waals surface area (Å²) in [5, 5.41) is 0. The fraction of sp³-hybridized carbons (Fsp3) is 0.273. The number of rotatable bonds is 9. The molecule has 4 aromatic rings. The third-order valence-corrected chi connectivity index (χ3v) is 7.76. The molecule has 0 radical (unpaired) electrons. The van der Waals surface area contributed by atoms with E-state index in [1.54, 1.807) is 47.5 Å². The topological polar surface area (TPSA) is 76.2 Å². The molecule has 45 heavy (non-hydrogen) atoms. The lowest BCUT2D eigenvalue weighted by Crippen LogP contribution is -2.52. The van der Waals surface area contributed by atoms with E-state index in [1.807, 2.05) is 0 Å². The van der Waals surface area contributed by atoms with Crippen molar-refractivity contribution in [3.8, 4) is 5.75 Å². The number of amides is 2. The van der Waals surface area contributed by atoms with Crippen molar-refractivity contribution < 1.29 is 36.5 Å². The number of carbonyl (C=O) groups excluding carboxylic acids is 1. The van der Waals surface area contributed by atoms with Crippen LogP contribution in [-0.2, 0) is 0 Å². The van der Waals surface area contributed by atoms with Crippen molar-refractivity contribution in [1.29, 1.82) is 0 Å². The number of ether oxygens (including phenoxy) is 1. The first-order chi connectivity index (χ1) is 21.6. The van der Waals surface area contributed by atoms with Crippen molar-refractivity contribution >= 4 is 23.2 Å². The maximum atomic E-state index is 13.8. The third-order valence-electron chi connectivity index (χ3n) is 7.76. The molecular weight excluding hydrogens is 593 g/mol. The number of nitrogen functional groups attached to an aromatic ring is 1. The van der Waals surface area contributed by atoms with Crippen LogP contribution < -0.4 is 20.4 Å². The Hall–Kier alpha value is -4.71. The van der Waals surface area contributed by atoms with Crippen LogP contribution in [0.4, 0.5) is 43.9 Å². The van der Waals surface area contributed by atoms with Crippen LogP contribution in [0, 0.1) is 11.6 Å². The summed E-state index contributed by atoms with van der Waals surface area (Å²) in [6, 6.07) is 20.7. The highest BCUT2D eigenvalue weighted by Crippen LogP contribution is 2.32. The van der Waals surface area contributed by atoms with Crippen LogP contribution in [0.3, 0.4) is 0 Å². The number of hydrogen-bond acceptors (Lipinski definition) is 4. The van der Waals surface area contributed by atoms with Crippen molar-refractivity contribution in [2.75, 3.05) is 43.4 Å². The number of pyridine rings is 1. The summed E-state index contributed by atoms with van der Waals surface area (Å²) in [4.78, 5) is 22.1. The van der Waals surface area contributed by atoms with E-state index in [4.69, 9.17) is 5.73 Å². The van der Waals surface area contributed by atoms with Gasteiger partial charge in [-0.15, -0.1) is 18.1 Å². The van der Waals surface area contributed by atoms with Crippen molar-refractivity contribution in [1.82, 2.24) is 9.80 Å². The number of carbonyl (C=O) groups is 1. The lowest BCUT2D eigenvalue weighted by Gasteiger charge is -2.35. The Balaban J connectivity index is 1.23. The molecule has 0 atom stereocenters. The molecule has 5 rings (SSSR count). The maximum Gasteiger partial charge on any atom is 0.573 e. The molecular formula is C33H33F5N5O2+. The normalized spacial score (nSPS) is 14.0. The minimum atomic E-state index is -4.84. The number of nitrogens with two attached hydrogens (primary N) is 1. The molecule has 0 unspecified atom stereocenters. The Morgan fingerprint density at radius 3 is 1.98 bits per heavy atom. The van der Waals surface area contributed by atoms with E-state index >= 15 is 0 Å². The van der Waals surface area contributed by atoms with Gasteiger partial charge >= 0.3 is 18.2 Å². The summed E-state index contributed by atoms with van der Waals surface area (Å²) in [7, 11) is 0. The second kappa shape index (κ2) is 13.9. The summed E-state index contributed by atoms with van der Waals surface area (Å²) in [5.74, 6) is -0.769. The second-order valence-corrected chi connectivity index (χ2v) is 10.8. The third kappa shape index (κ3) is 8.27. The van der Waals surface area contributed by atoms with Crippen LogP contribution in [0.1, 0.15) is 29.9 Å². The number of aromatic nitrogens is 1. The quantitative estimate of drug-likeness (QED) is 0.209. The highest BCUT2D eigenvalue weighted by Gasteiger charge is 2.36. The van der Waals surface area contributed by atoms with Crippen molar-refractivity contribution in [2.45, 2.75) is 25.1 Å². The molecule has 1 fully saturated rings. The molecule has 1 aliphatic rings. The SMILES string of the molecule is Nc1ccc[nH+]c1N(C(=O)N1CCN(CCCC(c2ccc(F)cc2)c2ccc(F)cc2)CC1)c1ccc(OC(F)(F)F)cc1. The molecule has 7 nitrogen and oxygen atoms in total. The second-order valence-electron chi connectivity index (χ2n) is 10.8. The van der Waals surface area contributed by atoms with Gasteiger partial charge in [-0.1, -0.05) is 24.3 Å². The molecule has 2 heterocycles. The number of H-pyrrole nitrogens is 1. The molecule has 1 aromatic heterocycles. The number of anilines is 3. The molecule has 0 spiro atoms. The number of piperazine rings is 1. The van der Waals surface area contributed by atoms with Gasteiger partial charge in [0, 0.05) is 32.1 Å². The zero-order chi connectivity index (χ0) is 32.0. The van der Waals surface area contributed by atoms with Crippen LogP contribution >= 0.6 is 0 Å². The largest absolute Gasteiger partial charge is 0.573 e. The Morgan fingerprint density at radius 1 is 0.867 bits per heavy atom. The molecule has 1 saturated heterocycles. The lowest BCUT2D eigenvalue weighted by atomic mass is 9.87. The summed E-state index contributed by atoms with van der Waals surface area (Å²) in [6.45, 7) is 2.85. The first-order valence-corrected chi connectivity index (χ1v) is 14.5. The van der Waals surface area contributed by atoms with E-state index < -0.39 is 12.1 Å². The van der Waals surface area contributed by atoms with Gasteiger partial charge in [-0.25, -0.2) is 18.6 Å². The molecule has 0 aliphatic carbocycles. The Bertz CT molecular complexity index is 1510. The van der Waals surface area contributed by atoms with Crippen molar-refractivity contribution in [3.05, 3.63) is 114 Å². The summed E-state index contributed by atoms with van der Waals surface area (Å²) < 4.78 is 69.2. The van der Waals surface area contributed by atoms with Gasteiger partial charge in [0.15, 0.2) is 0 Å². The molecule has 0 saturated carbocycles. The number of benzene rings is 3. The van der Waals surface area contributed by atoms with Gasteiger partial charge in [0.2, 0.25) is 0 Å². The van der Waals surface area contributed by atoms with Gasteiger partial charge in [-0.05, 0) is 91.2 Å². The fourth-order valence-electron chi connectivity index (χ4n) is 5.51. The van der Waals surface area contributed by atoms with Crippen LogP contribution in [0.2, 0.25) is 0 Å². The van der Waals surface area contributed by atoms with E-state index in [-0.39, 0.29) is 29.3 Å². The summed E-state index contributed by atoms with van der Waals surface area (Å²) in [6.07, 6.45) is -1.64. The smallest absolute Gasteiger partial charge is 0.406 e. The number of aromatic amines is 1. The van der Waals surface area contributed by atoms with E-state index in [1.165, 1.54) is 41.3 Å². The fourth-order valence-corrected chi connectivity index (χ4v) is 5.51. The maximum absolute atomic E-state index is 13.8. The van der Waals surface area contributed by atoms with Gasteiger partial charge in [0.25, 0.3) is 0 Å². The number of alkyl halides is 3. The lowest BCUT2D eigenvalue weighted by molar-refractivity contribution is -0.361. The Kier molecular flexibility index (Phi) is 9.82. The minimum Gasteiger partial charge on any atom is -0.406 e. The standard InChI is InChI=1S/C33H32F5N5O2/c34-25-9-5-23(6-10-25)29(24-7-11-26(35)12-8-24)3-2-18-41-19-21-42(22-20-41)32(44)43(31-30(39)4-1-17-40-31)27-13-15-28(16-14-27)45-33(36,37)38/h1,4-17,29H,2-3,18-22,39H2/p+1. The van der Waals surface area contributed by atoms with Crippen molar-refractivity contribution in [3.63, 3.8) is 0 Å². The minimum absolute atomic E-state index is 0.0249. The van der Waals surface area contributed by atoms with Gasteiger partial charge in [0.05, 0.1) is 6.20 Å². The van der Waals surface area contributed by atoms with Crippen LogP contribution in [0.5, 0.6) is 5.75 Å². The monoisotopic (exact) mass is 626 g/mol. The van der Waals surface area contributed by atoms with E-state index in [9.17, 15) is 26.7 Å². The van der Waals surface area contributed by atoms with Crippen molar-refractivity contribution in [2.24, 2.45) is 0 Å². The van der Waals surface area contributed by atoms with Crippen LogP contribution in [0.15, 0.2) is 91.1 Å². The van der Waals surface area contributed by atoms with Crippen LogP contribution in [-0.4, -0.2) is 54.9 Å². The van der Waals surface area contributed by atoms with Crippen LogP contribution in [0.25, 0.3) is 0 Å². The predicted molar refractivity (Wildman–Crippen MR) is 160 cm³/mol. The highest BCUT2D eigenvalue weighted by molar-refractivity contribution is 6.00. The Morgan fingerprint density at radius 2 is 1.44 bits per heavy atom. The zero-order valence-corrected chi connectivity index (χ0v) is 24.3. The van der Waals surface area contributed by atoms with E-state index in [0.29, 0.717) is 37.7 Å². The Labute approximate surface area is 257 Å². The molecule has 0 bridgehead atoms. The average Bonchev–Trinajstić information content (AvgIpc) is 3.02. The molecule has 2 amide bonds. The molecule has 1 aliphatic heterocycles. The molecule has 3 aromatic carbocycles. The molecule has 236 valence electrons.